The molecule has 0 radical (unpaired) electrons. The van der Waals surface area contributed by atoms with Crippen LogP contribution >= 0.6 is 11.3 Å². The molecule has 1 saturated heterocycles. The van der Waals surface area contributed by atoms with Gasteiger partial charge in [-0.25, -0.2) is 4.98 Å². The number of thiazole rings is 1. The van der Waals surface area contributed by atoms with E-state index < -0.39 is 0 Å². The number of aromatic nitrogens is 1. The summed E-state index contributed by atoms with van der Waals surface area (Å²) in [6.45, 7) is 5.08. The summed E-state index contributed by atoms with van der Waals surface area (Å²) >= 11 is 1.49. The topological polar surface area (TPSA) is 62.3 Å². The van der Waals surface area contributed by atoms with E-state index in [4.69, 9.17) is 0 Å². The van der Waals surface area contributed by atoms with Gasteiger partial charge in [0.05, 0.1) is 0 Å². The molecule has 0 atom stereocenters. The molecule has 2 heterocycles. The van der Waals surface area contributed by atoms with E-state index >= 15 is 0 Å². The molecule has 0 spiro atoms. The maximum absolute atomic E-state index is 12.7. The van der Waals surface area contributed by atoms with Crippen molar-refractivity contribution in [1.29, 1.82) is 0 Å². The van der Waals surface area contributed by atoms with Gasteiger partial charge in [-0.05, 0) is 12.8 Å². The van der Waals surface area contributed by atoms with E-state index in [9.17, 15) is 9.59 Å². The summed E-state index contributed by atoms with van der Waals surface area (Å²) < 4.78 is 0. The Morgan fingerprint density at radius 3 is 2.52 bits per heavy atom. The van der Waals surface area contributed by atoms with E-state index in [0.717, 1.165) is 23.4 Å². The normalized spacial score (nSPS) is 15.4. The zero-order chi connectivity index (χ0) is 17.8. The number of hydrogen-bond acceptors (Lipinski definition) is 4. The van der Waals surface area contributed by atoms with E-state index in [-0.39, 0.29) is 23.8 Å². The number of benzene rings is 1. The molecule has 1 fully saturated rings. The standard InChI is InChI=1S/C19H23N3O2S/c1-13(2)17(23)20-15-8-10-22(11-9-15)19(24)16-12-25-18(21-16)14-6-4-3-5-7-14/h3-7,12-13,15H,8-11H2,1-2H3,(H,20,23). The van der Waals surface area contributed by atoms with E-state index in [1.807, 2.05) is 54.5 Å². The average molecular weight is 357 g/mol. The van der Waals surface area contributed by atoms with Gasteiger partial charge in [-0.3, -0.25) is 9.59 Å². The van der Waals surface area contributed by atoms with Gasteiger partial charge in [0.2, 0.25) is 5.91 Å². The van der Waals surface area contributed by atoms with Crippen molar-refractivity contribution in [2.24, 2.45) is 5.92 Å². The molecule has 2 aromatic rings. The number of amides is 2. The molecule has 5 nitrogen and oxygen atoms in total. The van der Waals surface area contributed by atoms with Crippen LogP contribution in [-0.4, -0.2) is 40.8 Å². The van der Waals surface area contributed by atoms with Crippen LogP contribution in [0.1, 0.15) is 37.2 Å². The van der Waals surface area contributed by atoms with Gasteiger partial charge in [-0.2, -0.15) is 0 Å². The van der Waals surface area contributed by atoms with Crippen molar-refractivity contribution < 1.29 is 9.59 Å². The molecule has 6 heteroatoms. The summed E-state index contributed by atoms with van der Waals surface area (Å²) in [4.78, 5) is 30.8. The monoisotopic (exact) mass is 357 g/mol. The quantitative estimate of drug-likeness (QED) is 0.914. The highest BCUT2D eigenvalue weighted by Gasteiger charge is 2.26. The molecule has 1 aromatic carbocycles. The van der Waals surface area contributed by atoms with E-state index in [1.165, 1.54) is 11.3 Å². The van der Waals surface area contributed by atoms with Crippen LogP contribution in [0.2, 0.25) is 0 Å². The summed E-state index contributed by atoms with van der Waals surface area (Å²) in [6.07, 6.45) is 1.58. The van der Waals surface area contributed by atoms with Crippen LogP contribution in [-0.2, 0) is 4.79 Å². The number of nitrogens with zero attached hydrogens (tertiary/aromatic N) is 2. The van der Waals surface area contributed by atoms with Crippen molar-refractivity contribution in [2.45, 2.75) is 32.7 Å². The number of piperidine rings is 1. The van der Waals surface area contributed by atoms with Gasteiger partial charge in [-0.15, -0.1) is 11.3 Å². The second kappa shape index (κ2) is 7.78. The number of nitrogens with one attached hydrogen (secondary N) is 1. The lowest BCUT2D eigenvalue weighted by atomic mass is 10.0. The van der Waals surface area contributed by atoms with Gasteiger partial charge < -0.3 is 10.2 Å². The molecular weight excluding hydrogens is 334 g/mol. The van der Waals surface area contributed by atoms with E-state index in [0.29, 0.717) is 18.8 Å². The lowest BCUT2D eigenvalue weighted by Crippen LogP contribution is -2.47. The first-order valence-corrected chi connectivity index (χ1v) is 9.53. The van der Waals surface area contributed by atoms with Gasteiger partial charge in [0, 0.05) is 36.0 Å². The van der Waals surface area contributed by atoms with Gasteiger partial charge >= 0.3 is 0 Å². The molecule has 2 amide bonds. The predicted octanol–water partition coefficient (Wildman–Crippen LogP) is 3.19. The Balaban J connectivity index is 1.58. The van der Waals surface area contributed by atoms with Gasteiger partial charge in [0.1, 0.15) is 10.7 Å². The first-order chi connectivity index (χ1) is 12.0. The fourth-order valence-corrected chi connectivity index (χ4v) is 3.64. The van der Waals surface area contributed by atoms with Crippen LogP contribution in [0.4, 0.5) is 0 Å². The minimum atomic E-state index is -0.0212. The lowest BCUT2D eigenvalue weighted by molar-refractivity contribution is -0.124. The zero-order valence-electron chi connectivity index (χ0n) is 14.6. The molecule has 1 aromatic heterocycles. The predicted molar refractivity (Wildman–Crippen MR) is 99.5 cm³/mol. The molecule has 0 bridgehead atoms. The number of likely N-dealkylation sites (tertiary alicyclic amines) is 1. The highest BCUT2D eigenvalue weighted by atomic mass is 32.1. The SMILES string of the molecule is CC(C)C(=O)NC1CCN(C(=O)c2csc(-c3ccccc3)n2)CC1. The lowest BCUT2D eigenvalue weighted by Gasteiger charge is -2.32. The Morgan fingerprint density at radius 1 is 1.20 bits per heavy atom. The Kier molecular flexibility index (Phi) is 5.48. The maximum atomic E-state index is 12.7. The molecule has 0 unspecified atom stereocenters. The van der Waals surface area contributed by atoms with E-state index in [2.05, 4.69) is 10.3 Å². The van der Waals surface area contributed by atoms with Gasteiger partial charge in [0.25, 0.3) is 5.91 Å². The molecule has 1 aliphatic rings. The Labute approximate surface area is 152 Å². The molecule has 0 aliphatic carbocycles. The van der Waals surface area contributed by atoms with Crippen molar-refractivity contribution >= 4 is 23.2 Å². The number of hydrogen-bond donors (Lipinski definition) is 1. The number of rotatable bonds is 4. The Hall–Kier alpha value is -2.21. The summed E-state index contributed by atoms with van der Waals surface area (Å²) in [5, 5.41) is 5.75. The summed E-state index contributed by atoms with van der Waals surface area (Å²) in [6, 6.07) is 10.1. The van der Waals surface area contributed by atoms with Crippen molar-refractivity contribution in [3.8, 4) is 10.6 Å². The minimum Gasteiger partial charge on any atom is -0.353 e. The molecule has 0 saturated carbocycles. The van der Waals surface area contributed by atoms with Gasteiger partial charge in [0.15, 0.2) is 0 Å². The average Bonchev–Trinajstić information content (AvgIpc) is 3.12. The van der Waals surface area contributed by atoms with Crippen molar-refractivity contribution in [3.63, 3.8) is 0 Å². The summed E-state index contributed by atoms with van der Waals surface area (Å²) in [5.41, 5.74) is 1.54. The largest absolute Gasteiger partial charge is 0.353 e. The zero-order valence-corrected chi connectivity index (χ0v) is 15.4. The summed E-state index contributed by atoms with van der Waals surface area (Å²) in [7, 11) is 0. The third-order valence-electron chi connectivity index (χ3n) is 4.40. The van der Waals surface area contributed by atoms with Crippen LogP contribution in [0.25, 0.3) is 10.6 Å². The van der Waals surface area contributed by atoms with Crippen LogP contribution in [0, 0.1) is 5.92 Å². The fraction of sp³-hybridized carbons (Fsp3) is 0.421. The maximum Gasteiger partial charge on any atom is 0.273 e. The van der Waals surface area contributed by atoms with Crippen LogP contribution in [0.5, 0.6) is 0 Å². The fourth-order valence-electron chi connectivity index (χ4n) is 2.84. The van der Waals surface area contributed by atoms with E-state index in [1.54, 1.807) is 0 Å². The van der Waals surface area contributed by atoms with Crippen LogP contribution < -0.4 is 5.32 Å². The van der Waals surface area contributed by atoms with Crippen LogP contribution in [0.3, 0.4) is 0 Å². The Morgan fingerprint density at radius 2 is 1.88 bits per heavy atom. The third-order valence-corrected chi connectivity index (χ3v) is 5.29. The highest BCUT2D eigenvalue weighted by molar-refractivity contribution is 7.13. The molecule has 25 heavy (non-hydrogen) atoms. The Bertz CT molecular complexity index is 734. The van der Waals surface area contributed by atoms with Crippen molar-refractivity contribution in [3.05, 3.63) is 41.4 Å². The molecular formula is C19H23N3O2S. The molecule has 132 valence electrons. The van der Waals surface area contributed by atoms with Crippen LogP contribution in [0.15, 0.2) is 35.7 Å². The summed E-state index contributed by atoms with van der Waals surface area (Å²) in [5.74, 6) is 0.0509. The first kappa shape index (κ1) is 17.6. The molecule has 3 rings (SSSR count). The molecule has 1 N–H and O–H groups in total. The second-order valence-electron chi connectivity index (χ2n) is 6.63. The van der Waals surface area contributed by atoms with Gasteiger partial charge in [-0.1, -0.05) is 44.2 Å². The second-order valence-corrected chi connectivity index (χ2v) is 7.49. The molecule has 1 aliphatic heterocycles. The highest BCUT2D eigenvalue weighted by Crippen LogP contribution is 2.24. The van der Waals surface area contributed by atoms with Crippen molar-refractivity contribution in [2.75, 3.05) is 13.1 Å². The van der Waals surface area contributed by atoms with Crippen molar-refractivity contribution in [1.82, 2.24) is 15.2 Å². The number of carbonyl (C=O) groups excluding carboxylic acids is 2. The number of carbonyl (C=O) groups is 2. The minimum absolute atomic E-state index is 0.00826. The first-order valence-electron chi connectivity index (χ1n) is 8.65. The smallest absolute Gasteiger partial charge is 0.273 e. The third kappa shape index (κ3) is 4.25.